The maximum Gasteiger partial charge on any atom is 0.227 e. The molecule has 1 atom stereocenters. The van der Waals surface area contributed by atoms with Crippen LogP contribution in [0, 0.1) is 0 Å². The molecular weight excluding hydrogens is 360 g/mol. The van der Waals surface area contributed by atoms with Crippen molar-refractivity contribution in [3.8, 4) is 0 Å². The lowest BCUT2D eigenvalue weighted by Gasteiger charge is -2.30. The monoisotopic (exact) mass is 392 g/mol. The Bertz CT molecular complexity index is 792. The van der Waals surface area contributed by atoms with Crippen molar-refractivity contribution < 1.29 is 4.79 Å². The molecule has 0 spiro atoms. The molecule has 0 bridgehead atoms. The highest BCUT2D eigenvalue weighted by atomic mass is 16.2. The molecule has 4 rings (SSSR count). The average molecular weight is 393 g/mol. The Morgan fingerprint density at radius 1 is 1.07 bits per heavy atom. The van der Waals surface area contributed by atoms with E-state index in [1.165, 1.54) is 24.9 Å². The van der Waals surface area contributed by atoms with Crippen LogP contribution in [0.5, 0.6) is 0 Å². The quantitative estimate of drug-likeness (QED) is 0.687. The summed E-state index contributed by atoms with van der Waals surface area (Å²) in [7, 11) is 0. The molecule has 2 fully saturated rings. The molecule has 154 valence electrons. The van der Waals surface area contributed by atoms with Gasteiger partial charge < -0.3 is 4.90 Å². The van der Waals surface area contributed by atoms with E-state index < -0.39 is 0 Å². The van der Waals surface area contributed by atoms with Gasteiger partial charge in [0.25, 0.3) is 0 Å². The molecule has 2 aliphatic rings. The van der Waals surface area contributed by atoms with Gasteiger partial charge in [-0.15, -0.1) is 0 Å². The Kier molecular flexibility index (Phi) is 6.57. The van der Waals surface area contributed by atoms with Crippen LogP contribution in [0.25, 0.3) is 0 Å². The van der Waals surface area contributed by atoms with Gasteiger partial charge in [-0.3, -0.25) is 19.6 Å². The van der Waals surface area contributed by atoms with Crippen LogP contribution in [0.4, 0.5) is 5.69 Å². The van der Waals surface area contributed by atoms with Gasteiger partial charge in [-0.2, -0.15) is 0 Å². The molecular formula is C24H32N4O. The van der Waals surface area contributed by atoms with E-state index in [0.29, 0.717) is 12.5 Å². The summed E-state index contributed by atoms with van der Waals surface area (Å²) in [5.74, 6) is 0.246. The zero-order valence-electron chi connectivity index (χ0n) is 17.5. The molecule has 0 N–H and O–H groups in total. The summed E-state index contributed by atoms with van der Waals surface area (Å²) in [5, 5.41) is 0. The van der Waals surface area contributed by atoms with E-state index in [1.807, 2.05) is 17.2 Å². The molecule has 1 aromatic heterocycles. The molecule has 0 unspecified atom stereocenters. The fraction of sp³-hybridized carbons (Fsp3) is 0.500. The van der Waals surface area contributed by atoms with Gasteiger partial charge in [0.05, 0.1) is 5.69 Å². The van der Waals surface area contributed by atoms with Crippen molar-refractivity contribution in [2.24, 2.45) is 0 Å². The number of pyridine rings is 1. The molecule has 29 heavy (non-hydrogen) atoms. The highest BCUT2D eigenvalue weighted by Gasteiger charge is 2.26. The Balaban J connectivity index is 1.46. The van der Waals surface area contributed by atoms with E-state index in [1.54, 1.807) is 0 Å². The topological polar surface area (TPSA) is 39.7 Å². The molecule has 2 aromatic rings. The molecule has 0 aliphatic carbocycles. The summed E-state index contributed by atoms with van der Waals surface area (Å²) in [6, 6.07) is 15.3. The first-order chi connectivity index (χ1) is 14.2. The van der Waals surface area contributed by atoms with Crippen LogP contribution in [0.15, 0.2) is 48.7 Å². The van der Waals surface area contributed by atoms with Crippen molar-refractivity contribution in [1.82, 2.24) is 14.8 Å². The second kappa shape index (κ2) is 9.51. The molecule has 1 aromatic carbocycles. The van der Waals surface area contributed by atoms with Gasteiger partial charge in [0, 0.05) is 50.5 Å². The van der Waals surface area contributed by atoms with Crippen LogP contribution in [-0.4, -0.2) is 52.9 Å². The summed E-state index contributed by atoms with van der Waals surface area (Å²) >= 11 is 0. The third-order valence-electron chi connectivity index (χ3n) is 6.21. The van der Waals surface area contributed by atoms with E-state index >= 15 is 0 Å². The fourth-order valence-electron chi connectivity index (χ4n) is 4.68. The summed E-state index contributed by atoms with van der Waals surface area (Å²) < 4.78 is 0. The number of anilines is 1. The molecule has 0 saturated carbocycles. The molecule has 1 amide bonds. The number of nitrogens with zero attached hydrogens (tertiary/aromatic N) is 4. The third-order valence-corrected chi connectivity index (χ3v) is 6.21. The number of aromatic nitrogens is 1. The van der Waals surface area contributed by atoms with Crippen molar-refractivity contribution >= 4 is 11.6 Å². The zero-order valence-corrected chi connectivity index (χ0v) is 17.5. The highest BCUT2D eigenvalue weighted by Crippen LogP contribution is 2.23. The minimum absolute atomic E-state index is 0.246. The number of benzene rings is 1. The minimum atomic E-state index is 0.246. The lowest BCUT2D eigenvalue weighted by molar-refractivity contribution is -0.117. The van der Waals surface area contributed by atoms with Crippen molar-refractivity contribution in [3.63, 3.8) is 0 Å². The maximum atomic E-state index is 12.0. The number of amides is 1. The molecule has 2 aliphatic heterocycles. The fourth-order valence-corrected chi connectivity index (χ4v) is 4.68. The summed E-state index contributed by atoms with van der Waals surface area (Å²) in [4.78, 5) is 23.6. The van der Waals surface area contributed by atoms with Crippen LogP contribution in [-0.2, 0) is 17.9 Å². The normalized spacial score (nSPS) is 20.1. The summed E-state index contributed by atoms with van der Waals surface area (Å²) in [6.07, 6.45) is 6.10. The standard InChI is InChI=1S/C24H32N4O/c1-2-27-15-5-8-23(27)19-26(18-21-7-3-4-14-25-21)17-20-10-12-22(13-11-20)28-16-6-9-24(28)29/h3-4,7,10-14,23H,2,5-6,8-9,15-19H2,1H3/t23-/m0/s1. The second-order valence-electron chi connectivity index (χ2n) is 8.23. The molecule has 3 heterocycles. The van der Waals surface area contributed by atoms with E-state index in [9.17, 15) is 4.79 Å². The van der Waals surface area contributed by atoms with Gasteiger partial charge in [0.1, 0.15) is 0 Å². The van der Waals surface area contributed by atoms with E-state index in [-0.39, 0.29) is 5.91 Å². The zero-order chi connectivity index (χ0) is 20.1. The number of carbonyl (C=O) groups is 1. The molecule has 2 saturated heterocycles. The number of likely N-dealkylation sites (N-methyl/N-ethyl adjacent to an activating group) is 1. The molecule has 5 heteroatoms. The third kappa shape index (κ3) is 5.03. The van der Waals surface area contributed by atoms with Crippen molar-refractivity contribution in [2.75, 3.05) is 31.1 Å². The Labute approximate surface area is 174 Å². The Hall–Kier alpha value is -2.24. The smallest absolute Gasteiger partial charge is 0.227 e. The highest BCUT2D eigenvalue weighted by molar-refractivity contribution is 5.95. The Morgan fingerprint density at radius 2 is 1.93 bits per heavy atom. The molecule has 5 nitrogen and oxygen atoms in total. The van der Waals surface area contributed by atoms with Gasteiger partial charge >= 0.3 is 0 Å². The van der Waals surface area contributed by atoms with Crippen molar-refractivity contribution in [3.05, 3.63) is 59.9 Å². The van der Waals surface area contributed by atoms with Crippen LogP contribution in [0.2, 0.25) is 0 Å². The number of rotatable bonds is 8. The van der Waals surface area contributed by atoms with Crippen molar-refractivity contribution in [2.45, 2.75) is 51.7 Å². The number of likely N-dealkylation sites (tertiary alicyclic amines) is 1. The largest absolute Gasteiger partial charge is 0.312 e. The number of hydrogen-bond donors (Lipinski definition) is 0. The first-order valence-corrected chi connectivity index (χ1v) is 11.0. The maximum absolute atomic E-state index is 12.0. The lowest BCUT2D eigenvalue weighted by atomic mass is 10.1. The SMILES string of the molecule is CCN1CCC[C@H]1CN(Cc1ccc(N2CCCC2=O)cc1)Cc1ccccn1. The van der Waals surface area contributed by atoms with Crippen LogP contribution < -0.4 is 4.90 Å². The van der Waals surface area contributed by atoms with Gasteiger partial charge in [0.15, 0.2) is 0 Å². The van der Waals surface area contributed by atoms with Crippen LogP contribution in [0.3, 0.4) is 0 Å². The predicted molar refractivity (Wildman–Crippen MR) is 117 cm³/mol. The lowest BCUT2D eigenvalue weighted by Crippen LogP contribution is -2.39. The summed E-state index contributed by atoms with van der Waals surface area (Å²) in [5.41, 5.74) is 3.44. The minimum Gasteiger partial charge on any atom is -0.312 e. The number of hydrogen-bond acceptors (Lipinski definition) is 4. The first-order valence-electron chi connectivity index (χ1n) is 11.0. The van der Waals surface area contributed by atoms with Gasteiger partial charge in [-0.05, 0) is 62.2 Å². The van der Waals surface area contributed by atoms with E-state index in [0.717, 1.165) is 50.5 Å². The predicted octanol–water partition coefficient (Wildman–Crippen LogP) is 3.69. The van der Waals surface area contributed by atoms with Gasteiger partial charge in [0.2, 0.25) is 5.91 Å². The number of carbonyl (C=O) groups excluding carboxylic acids is 1. The van der Waals surface area contributed by atoms with E-state index in [4.69, 9.17) is 0 Å². The van der Waals surface area contributed by atoms with Crippen molar-refractivity contribution in [1.29, 1.82) is 0 Å². The Morgan fingerprint density at radius 3 is 2.62 bits per heavy atom. The van der Waals surface area contributed by atoms with Crippen LogP contribution in [0.1, 0.15) is 43.9 Å². The molecule has 0 radical (unpaired) electrons. The second-order valence-corrected chi connectivity index (χ2v) is 8.23. The van der Waals surface area contributed by atoms with Gasteiger partial charge in [-0.25, -0.2) is 0 Å². The van der Waals surface area contributed by atoms with Crippen LogP contribution >= 0.6 is 0 Å². The first kappa shape index (κ1) is 20.0. The van der Waals surface area contributed by atoms with E-state index in [2.05, 4.69) is 58.1 Å². The van der Waals surface area contributed by atoms with Gasteiger partial charge in [-0.1, -0.05) is 25.1 Å². The average Bonchev–Trinajstić information content (AvgIpc) is 3.38. The summed E-state index contributed by atoms with van der Waals surface area (Å²) in [6.45, 7) is 8.28.